The summed E-state index contributed by atoms with van der Waals surface area (Å²) in [6.45, 7) is 1.14. The van der Waals surface area contributed by atoms with Gasteiger partial charge >= 0.3 is 0 Å². The minimum atomic E-state index is -0.0745. The van der Waals surface area contributed by atoms with Crippen LogP contribution in [0.2, 0.25) is 0 Å². The molecule has 2 amide bonds. The Morgan fingerprint density at radius 3 is 2.41 bits per heavy atom. The Balaban J connectivity index is 1.31. The van der Waals surface area contributed by atoms with Gasteiger partial charge in [0.05, 0.1) is 22.9 Å². The molecule has 146 valence electrons. The summed E-state index contributed by atoms with van der Waals surface area (Å²) in [4.78, 5) is 35.5. The summed E-state index contributed by atoms with van der Waals surface area (Å²) in [5.41, 5.74) is 3.07. The van der Waals surface area contributed by atoms with Crippen molar-refractivity contribution in [3.63, 3.8) is 0 Å². The first kappa shape index (κ1) is 18.8. The molecule has 2 aromatic carbocycles. The Morgan fingerprint density at radius 2 is 1.66 bits per heavy atom. The summed E-state index contributed by atoms with van der Waals surface area (Å²) in [5.74, 6) is -0.123. The molecule has 1 fully saturated rings. The lowest BCUT2D eigenvalue weighted by molar-refractivity contribution is -0.130. The second-order valence-corrected chi connectivity index (χ2v) is 7.07. The first-order valence-corrected chi connectivity index (χ1v) is 9.74. The number of para-hydroxylation sites is 3. The molecule has 1 aliphatic rings. The number of carbonyl (C=O) groups is 2. The zero-order valence-corrected chi connectivity index (χ0v) is 16.0. The van der Waals surface area contributed by atoms with E-state index in [-0.39, 0.29) is 17.7 Å². The van der Waals surface area contributed by atoms with Crippen LogP contribution >= 0.6 is 0 Å². The van der Waals surface area contributed by atoms with Crippen LogP contribution in [-0.2, 0) is 9.59 Å². The molecule has 1 aromatic heterocycles. The zero-order chi connectivity index (χ0) is 20.1. The Bertz CT molecular complexity index is 1040. The third kappa shape index (κ3) is 4.66. The van der Waals surface area contributed by atoms with E-state index in [0.29, 0.717) is 31.6 Å². The lowest BCUT2D eigenvalue weighted by atomic mass is 9.95. The van der Waals surface area contributed by atoms with Crippen molar-refractivity contribution in [2.75, 3.05) is 18.4 Å². The van der Waals surface area contributed by atoms with E-state index in [1.54, 1.807) is 17.2 Å². The van der Waals surface area contributed by atoms with Crippen molar-refractivity contribution >= 4 is 34.6 Å². The molecule has 1 N–H and O–H groups in total. The van der Waals surface area contributed by atoms with Gasteiger partial charge in [0.1, 0.15) is 0 Å². The largest absolute Gasteiger partial charge is 0.339 e. The molecule has 6 heteroatoms. The van der Waals surface area contributed by atoms with Crippen molar-refractivity contribution in [3.05, 3.63) is 72.6 Å². The number of nitrogens with zero attached hydrogens (tertiary/aromatic N) is 3. The number of hydrogen-bond donors (Lipinski definition) is 1. The predicted octanol–water partition coefficient (Wildman–Crippen LogP) is 3.52. The fourth-order valence-corrected chi connectivity index (χ4v) is 3.44. The van der Waals surface area contributed by atoms with Crippen LogP contribution < -0.4 is 5.32 Å². The first-order valence-electron chi connectivity index (χ1n) is 9.74. The lowest BCUT2D eigenvalue weighted by Gasteiger charge is -2.30. The molecule has 0 unspecified atom stereocenters. The molecule has 0 bridgehead atoms. The SMILES string of the molecule is O=C(Nc1ccccc1)C1CCN(C(=O)/C=C/c2cnc3ccccc3n2)CC1. The van der Waals surface area contributed by atoms with Gasteiger partial charge in [-0.2, -0.15) is 0 Å². The Labute approximate surface area is 169 Å². The number of anilines is 1. The summed E-state index contributed by atoms with van der Waals surface area (Å²) < 4.78 is 0. The van der Waals surface area contributed by atoms with Gasteiger partial charge in [-0.15, -0.1) is 0 Å². The minimum Gasteiger partial charge on any atom is -0.339 e. The molecule has 6 nitrogen and oxygen atoms in total. The van der Waals surface area contributed by atoms with Crippen molar-refractivity contribution in [2.24, 2.45) is 5.92 Å². The van der Waals surface area contributed by atoms with Crippen molar-refractivity contribution in [2.45, 2.75) is 12.8 Å². The number of carbonyl (C=O) groups excluding carboxylic acids is 2. The van der Waals surface area contributed by atoms with E-state index in [1.807, 2.05) is 54.6 Å². The van der Waals surface area contributed by atoms with Crippen LogP contribution in [0.3, 0.4) is 0 Å². The van der Waals surface area contributed by atoms with Crippen molar-refractivity contribution in [3.8, 4) is 0 Å². The topological polar surface area (TPSA) is 75.2 Å². The Hall–Kier alpha value is -3.54. The van der Waals surface area contributed by atoms with Gasteiger partial charge in [-0.05, 0) is 43.2 Å². The highest BCUT2D eigenvalue weighted by molar-refractivity contribution is 5.94. The predicted molar refractivity (Wildman–Crippen MR) is 113 cm³/mol. The molecule has 0 aliphatic carbocycles. The van der Waals surface area contributed by atoms with E-state index < -0.39 is 0 Å². The molecule has 1 saturated heterocycles. The van der Waals surface area contributed by atoms with Crippen molar-refractivity contribution in [1.29, 1.82) is 0 Å². The smallest absolute Gasteiger partial charge is 0.246 e. The standard InChI is InChI=1S/C23H22N4O2/c28-22(11-10-19-16-24-20-8-4-5-9-21(20)25-19)27-14-12-17(13-15-27)23(29)26-18-6-2-1-3-7-18/h1-11,16-17H,12-15H2,(H,26,29)/b11-10+. The van der Waals surface area contributed by atoms with Gasteiger partial charge in [-0.25, -0.2) is 4.98 Å². The average Bonchev–Trinajstić information content (AvgIpc) is 2.78. The van der Waals surface area contributed by atoms with E-state index in [2.05, 4.69) is 15.3 Å². The third-order valence-corrected chi connectivity index (χ3v) is 5.08. The van der Waals surface area contributed by atoms with Crippen LogP contribution in [0.25, 0.3) is 17.1 Å². The van der Waals surface area contributed by atoms with Gasteiger partial charge in [-0.1, -0.05) is 30.3 Å². The van der Waals surface area contributed by atoms with Crippen LogP contribution in [0.4, 0.5) is 5.69 Å². The van der Waals surface area contributed by atoms with Crippen LogP contribution in [0.5, 0.6) is 0 Å². The van der Waals surface area contributed by atoms with Gasteiger partial charge in [-0.3, -0.25) is 14.6 Å². The molecule has 1 aliphatic heterocycles. The summed E-state index contributed by atoms with van der Waals surface area (Å²) in [6.07, 6.45) is 6.20. The summed E-state index contributed by atoms with van der Waals surface area (Å²) in [6, 6.07) is 17.1. The van der Waals surface area contributed by atoms with E-state index in [0.717, 1.165) is 16.7 Å². The third-order valence-electron chi connectivity index (χ3n) is 5.08. The van der Waals surface area contributed by atoms with E-state index in [1.165, 1.54) is 6.08 Å². The van der Waals surface area contributed by atoms with E-state index in [9.17, 15) is 9.59 Å². The van der Waals surface area contributed by atoms with Crippen LogP contribution in [0.15, 0.2) is 66.9 Å². The maximum Gasteiger partial charge on any atom is 0.246 e. The molecule has 0 atom stereocenters. The number of aromatic nitrogens is 2. The van der Waals surface area contributed by atoms with Gasteiger partial charge in [0.25, 0.3) is 0 Å². The van der Waals surface area contributed by atoms with Crippen LogP contribution in [-0.4, -0.2) is 39.8 Å². The second-order valence-electron chi connectivity index (χ2n) is 7.07. The van der Waals surface area contributed by atoms with Crippen LogP contribution in [0.1, 0.15) is 18.5 Å². The van der Waals surface area contributed by atoms with Gasteiger partial charge < -0.3 is 10.2 Å². The molecule has 0 radical (unpaired) electrons. The monoisotopic (exact) mass is 386 g/mol. The number of hydrogen-bond acceptors (Lipinski definition) is 4. The molecule has 0 saturated carbocycles. The second kappa shape index (κ2) is 8.65. The van der Waals surface area contributed by atoms with Crippen molar-refractivity contribution in [1.82, 2.24) is 14.9 Å². The lowest BCUT2D eigenvalue weighted by Crippen LogP contribution is -2.40. The number of fused-ring (bicyclic) bond motifs is 1. The van der Waals surface area contributed by atoms with Crippen LogP contribution in [0, 0.1) is 5.92 Å². The number of piperidine rings is 1. The maximum atomic E-state index is 12.5. The molecular formula is C23H22N4O2. The molecule has 2 heterocycles. The highest BCUT2D eigenvalue weighted by atomic mass is 16.2. The highest BCUT2D eigenvalue weighted by Gasteiger charge is 2.26. The van der Waals surface area contributed by atoms with Gasteiger partial charge in [0, 0.05) is 30.8 Å². The molecular weight excluding hydrogens is 364 g/mol. The number of amides is 2. The summed E-state index contributed by atoms with van der Waals surface area (Å²) in [5, 5.41) is 2.95. The zero-order valence-electron chi connectivity index (χ0n) is 16.0. The highest BCUT2D eigenvalue weighted by Crippen LogP contribution is 2.20. The molecule has 0 spiro atoms. The number of likely N-dealkylation sites (tertiary alicyclic amines) is 1. The number of nitrogens with one attached hydrogen (secondary N) is 1. The Morgan fingerprint density at radius 1 is 0.966 bits per heavy atom. The normalized spacial score (nSPS) is 15.0. The average molecular weight is 386 g/mol. The maximum absolute atomic E-state index is 12.5. The molecule has 4 rings (SSSR count). The fraction of sp³-hybridized carbons (Fsp3) is 0.217. The van der Waals surface area contributed by atoms with Gasteiger partial charge in [0.2, 0.25) is 11.8 Å². The van der Waals surface area contributed by atoms with Crippen molar-refractivity contribution < 1.29 is 9.59 Å². The summed E-state index contributed by atoms with van der Waals surface area (Å²) in [7, 11) is 0. The Kier molecular flexibility index (Phi) is 5.61. The quantitative estimate of drug-likeness (QED) is 0.696. The minimum absolute atomic E-state index is 0.0188. The van der Waals surface area contributed by atoms with E-state index >= 15 is 0 Å². The molecule has 3 aromatic rings. The fourth-order valence-electron chi connectivity index (χ4n) is 3.44. The molecule has 29 heavy (non-hydrogen) atoms. The number of benzene rings is 2. The summed E-state index contributed by atoms with van der Waals surface area (Å²) >= 11 is 0. The van der Waals surface area contributed by atoms with E-state index in [4.69, 9.17) is 0 Å². The van der Waals surface area contributed by atoms with Gasteiger partial charge in [0.15, 0.2) is 0 Å². The number of rotatable bonds is 4. The first-order chi connectivity index (χ1) is 14.2.